The van der Waals surface area contributed by atoms with Gasteiger partial charge in [0.2, 0.25) is 0 Å². The highest BCUT2D eigenvalue weighted by atomic mass is 32.2. The summed E-state index contributed by atoms with van der Waals surface area (Å²) in [4.78, 5) is 14.4. The second kappa shape index (κ2) is 6.43. The first-order valence-corrected chi connectivity index (χ1v) is 8.41. The number of thioether (sulfide) groups is 1. The number of nitrogens with zero attached hydrogens (tertiary/aromatic N) is 1. The first-order valence-electron chi connectivity index (χ1n) is 7.26. The minimum atomic E-state index is 0.0998. The number of carbonyl (C=O) groups excluding carboxylic acids is 1. The van der Waals surface area contributed by atoms with E-state index in [0.717, 1.165) is 47.2 Å². The number of rotatable bonds is 3. The number of hydrogen-bond donors (Lipinski definition) is 0. The third-order valence-electron chi connectivity index (χ3n) is 3.58. The molecule has 0 saturated carbocycles. The first kappa shape index (κ1) is 14.3. The lowest BCUT2D eigenvalue weighted by Gasteiger charge is -2.29. The molecule has 5 heteroatoms. The Morgan fingerprint density at radius 2 is 2.19 bits per heavy atom. The van der Waals surface area contributed by atoms with E-state index in [9.17, 15) is 4.79 Å². The highest BCUT2D eigenvalue weighted by Gasteiger charge is 2.24. The number of carbonyl (C=O) groups is 1. The van der Waals surface area contributed by atoms with Gasteiger partial charge in [-0.05, 0) is 19.1 Å². The molecule has 4 nitrogen and oxygen atoms in total. The number of hydrogen-bond acceptors (Lipinski definition) is 4. The monoisotopic (exact) mass is 305 g/mol. The van der Waals surface area contributed by atoms with Gasteiger partial charge in [0, 0.05) is 30.2 Å². The summed E-state index contributed by atoms with van der Waals surface area (Å²) in [5, 5.41) is 0. The largest absolute Gasteiger partial charge is 0.490 e. The minimum absolute atomic E-state index is 0.0998. The van der Waals surface area contributed by atoms with Crippen LogP contribution in [0.15, 0.2) is 23.8 Å². The first-order chi connectivity index (χ1) is 10.3. The SMILES string of the molecule is CCOc1cccc2c1OCC(C(=O)N1CCSCC1)=C2. The van der Waals surface area contributed by atoms with E-state index in [2.05, 4.69) is 0 Å². The highest BCUT2D eigenvalue weighted by molar-refractivity contribution is 7.99. The summed E-state index contributed by atoms with van der Waals surface area (Å²) in [5.41, 5.74) is 1.64. The molecule has 2 heterocycles. The third-order valence-corrected chi connectivity index (χ3v) is 4.53. The highest BCUT2D eigenvalue weighted by Crippen LogP contribution is 2.36. The fraction of sp³-hybridized carbons (Fsp3) is 0.438. The van der Waals surface area contributed by atoms with Crippen LogP contribution in [0.2, 0.25) is 0 Å². The quantitative estimate of drug-likeness (QED) is 0.860. The number of ether oxygens (including phenoxy) is 2. The summed E-state index contributed by atoms with van der Waals surface area (Å²) in [7, 11) is 0. The van der Waals surface area contributed by atoms with Crippen molar-refractivity contribution in [3.8, 4) is 11.5 Å². The van der Waals surface area contributed by atoms with Crippen molar-refractivity contribution in [3.05, 3.63) is 29.3 Å². The van der Waals surface area contributed by atoms with Gasteiger partial charge in [-0.1, -0.05) is 12.1 Å². The van der Waals surface area contributed by atoms with E-state index >= 15 is 0 Å². The molecule has 112 valence electrons. The van der Waals surface area contributed by atoms with Crippen LogP contribution in [0, 0.1) is 0 Å². The fourth-order valence-corrected chi connectivity index (χ4v) is 3.45. The molecule has 1 aromatic rings. The van der Waals surface area contributed by atoms with Crippen LogP contribution < -0.4 is 9.47 Å². The molecule has 1 amide bonds. The Kier molecular flexibility index (Phi) is 4.39. The lowest BCUT2D eigenvalue weighted by molar-refractivity contribution is -0.127. The fourth-order valence-electron chi connectivity index (χ4n) is 2.54. The van der Waals surface area contributed by atoms with Gasteiger partial charge in [-0.15, -0.1) is 0 Å². The van der Waals surface area contributed by atoms with Gasteiger partial charge in [0.1, 0.15) is 6.61 Å². The van der Waals surface area contributed by atoms with Crippen LogP contribution in [-0.4, -0.2) is 48.6 Å². The number of amides is 1. The van der Waals surface area contributed by atoms with Crippen molar-refractivity contribution in [1.82, 2.24) is 4.90 Å². The molecular formula is C16H19NO3S. The predicted molar refractivity (Wildman–Crippen MR) is 85.0 cm³/mol. The standard InChI is InChI=1S/C16H19NO3S/c1-2-19-14-5-3-4-12-10-13(11-20-15(12)14)16(18)17-6-8-21-9-7-17/h3-5,10H,2,6-9,11H2,1H3. The average Bonchev–Trinajstić information content (AvgIpc) is 2.55. The molecule has 21 heavy (non-hydrogen) atoms. The predicted octanol–water partition coefficient (Wildman–Crippen LogP) is 2.44. The van der Waals surface area contributed by atoms with Gasteiger partial charge in [0.25, 0.3) is 5.91 Å². The zero-order valence-electron chi connectivity index (χ0n) is 12.1. The van der Waals surface area contributed by atoms with E-state index in [1.807, 2.05) is 47.9 Å². The molecule has 1 fully saturated rings. The zero-order valence-corrected chi connectivity index (χ0v) is 12.9. The molecule has 0 atom stereocenters. The summed E-state index contributed by atoms with van der Waals surface area (Å²) in [6.45, 7) is 4.51. The van der Waals surface area contributed by atoms with E-state index < -0.39 is 0 Å². The van der Waals surface area contributed by atoms with Crippen LogP contribution >= 0.6 is 11.8 Å². The molecule has 3 rings (SSSR count). The summed E-state index contributed by atoms with van der Waals surface area (Å²) in [6.07, 6.45) is 1.94. The maximum absolute atomic E-state index is 12.5. The minimum Gasteiger partial charge on any atom is -0.490 e. The molecule has 2 aliphatic rings. The van der Waals surface area contributed by atoms with Crippen LogP contribution in [0.1, 0.15) is 12.5 Å². The van der Waals surface area contributed by atoms with Gasteiger partial charge in [0.15, 0.2) is 11.5 Å². The Morgan fingerprint density at radius 3 is 2.95 bits per heavy atom. The molecule has 0 bridgehead atoms. The Morgan fingerprint density at radius 1 is 1.38 bits per heavy atom. The maximum atomic E-state index is 12.5. The summed E-state index contributed by atoms with van der Waals surface area (Å²) in [5.74, 6) is 3.62. The van der Waals surface area contributed by atoms with Gasteiger partial charge < -0.3 is 14.4 Å². The Bertz CT molecular complexity index is 565. The Labute approximate surface area is 129 Å². The summed E-state index contributed by atoms with van der Waals surface area (Å²) in [6, 6.07) is 5.77. The third kappa shape index (κ3) is 3.02. The van der Waals surface area contributed by atoms with Crippen LogP contribution in [0.3, 0.4) is 0 Å². The van der Waals surface area contributed by atoms with Crippen LogP contribution in [0.25, 0.3) is 6.08 Å². The number of para-hydroxylation sites is 1. The van der Waals surface area contributed by atoms with Gasteiger partial charge in [-0.2, -0.15) is 11.8 Å². The normalized spacial score (nSPS) is 17.6. The molecule has 0 N–H and O–H groups in total. The second-order valence-corrected chi connectivity index (χ2v) is 6.20. The molecule has 0 aliphatic carbocycles. The molecule has 2 aliphatic heterocycles. The van der Waals surface area contributed by atoms with Crippen molar-refractivity contribution < 1.29 is 14.3 Å². The van der Waals surface area contributed by atoms with Gasteiger partial charge in [-0.3, -0.25) is 4.79 Å². The topological polar surface area (TPSA) is 38.8 Å². The van der Waals surface area contributed by atoms with Crippen LogP contribution in [0.4, 0.5) is 0 Å². The smallest absolute Gasteiger partial charge is 0.253 e. The number of fused-ring (bicyclic) bond motifs is 1. The van der Waals surface area contributed by atoms with E-state index in [-0.39, 0.29) is 5.91 Å². The molecule has 0 spiro atoms. The van der Waals surface area contributed by atoms with Crippen molar-refractivity contribution in [2.24, 2.45) is 0 Å². The van der Waals surface area contributed by atoms with E-state index in [1.54, 1.807) is 0 Å². The zero-order chi connectivity index (χ0) is 14.7. The van der Waals surface area contributed by atoms with Gasteiger partial charge in [0.05, 0.1) is 12.2 Å². The molecule has 0 aromatic heterocycles. The molecular weight excluding hydrogens is 286 g/mol. The van der Waals surface area contributed by atoms with Crippen molar-refractivity contribution in [2.75, 3.05) is 37.8 Å². The molecule has 0 unspecified atom stereocenters. The van der Waals surface area contributed by atoms with Crippen molar-refractivity contribution in [3.63, 3.8) is 0 Å². The Balaban J connectivity index is 1.83. The molecule has 1 aromatic carbocycles. The average molecular weight is 305 g/mol. The van der Waals surface area contributed by atoms with Crippen molar-refractivity contribution in [2.45, 2.75) is 6.92 Å². The second-order valence-electron chi connectivity index (χ2n) is 4.97. The van der Waals surface area contributed by atoms with E-state index in [1.165, 1.54) is 0 Å². The van der Waals surface area contributed by atoms with Gasteiger partial charge >= 0.3 is 0 Å². The lowest BCUT2D eigenvalue weighted by Crippen LogP contribution is -2.40. The Hall–Kier alpha value is -1.62. The van der Waals surface area contributed by atoms with E-state index in [4.69, 9.17) is 9.47 Å². The van der Waals surface area contributed by atoms with Gasteiger partial charge in [-0.25, -0.2) is 0 Å². The number of benzene rings is 1. The van der Waals surface area contributed by atoms with Crippen LogP contribution in [-0.2, 0) is 4.79 Å². The van der Waals surface area contributed by atoms with Crippen molar-refractivity contribution in [1.29, 1.82) is 0 Å². The molecule has 0 radical (unpaired) electrons. The van der Waals surface area contributed by atoms with Crippen LogP contribution in [0.5, 0.6) is 11.5 Å². The summed E-state index contributed by atoms with van der Waals surface area (Å²) < 4.78 is 11.3. The summed E-state index contributed by atoms with van der Waals surface area (Å²) >= 11 is 1.90. The lowest BCUT2D eigenvalue weighted by atomic mass is 10.1. The maximum Gasteiger partial charge on any atom is 0.253 e. The molecule has 1 saturated heterocycles. The van der Waals surface area contributed by atoms with Crippen molar-refractivity contribution >= 4 is 23.7 Å². The van der Waals surface area contributed by atoms with E-state index in [0.29, 0.717) is 13.2 Å².